The quantitative estimate of drug-likeness (QED) is 0.262. The molecule has 11 nitrogen and oxygen atoms in total. The SMILES string of the molecule is CC(C)C(=O)NC1NC(=O)C2NCN([C@@H]3O[C@H](CO)[C@@H](O[Si](C)(C)C(C)(C)C)[C@H]3O)C2N1. The van der Waals surface area contributed by atoms with Crippen molar-refractivity contribution in [3.05, 3.63) is 0 Å². The Morgan fingerprint density at radius 3 is 2.59 bits per heavy atom. The van der Waals surface area contributed by atoms with Crippen molar-refractivity contribution >= 4 is 20.1 Å². The lowest BCUT2D eigenvalue weighted by atomic mass is 10.1. The van der Waals surface area contributed by atoms with Crippen LogP contribution in [0, 0.1) is 5.92 Å². The molecule has 12 heteroatoms. The zero-order valence-electron chi connectivity index (χ0n) is 20.0. The van der Waals surface area contributed by atoms with E-state index in [1.165, 1.54) is 0 Å². The van der Waals surface area contributed by atoms with Gasteiger partial charge in [0, 0.05) is 5.92 Å². The van der Waals surface area contributed by atoms with Gasteiger partial charge >= 0.3 is 0 Å². The second-order valence-electron chi connectivity index (χ2n) is 10.7. The van der Waals surface area contributed by atoms with Gasteiger partial charge in [0.25, 0.3) is 0 Å². The van der Waals surface area contributed by atoms with Gasteiger partial charge in [-0.3, -0.25) is 20.2 Å². The number of ether oxygens (including phenoxy) is 1. The van der Waals surface area contributed by atoms with Gasteiger partial charge in [0.15, 0.2) is 14.6 Å². The fraction of sp³-hybridized carbons (Fsp3) is 0.900. The highest BCUT2D eigenvalue weighted by molar-refractivity contribution is 6.74. The molecule has 0 spiro atoms. The number of carbonyl (C=O) groups excluding carboxylic acids is 2. The van der Waals surface area contributed by atoms with Crippen molar-refractivity contribution in [2.75, 3.05) is 13.3 Å². The molecule has 3 aliphatic rings. The first kappa shape index (κ1) is 25.5. The fourth-order valence-corrected chi connectivity index (χ4v) is 5.24. The zero-order valence-corrected chi connectivity index (χ0v) is 21.0. The van der Waals surface area contributed by atoms with Crippen LogP contribution >= 0.6 is 0 Å². The maximum Gasteiger partial charge on any atom is 0.242 e. The van der Waals surface area contributed by atoms with Crippen LogP contribution in [0.5, 0.6) is 0 Å². The smallest absolute Gasteiger partial charge is 0.242 e. The molecular formula is C20H39N5O6Si. The number of hydrogen-bond acceptors (Lipinski definition) is 9. The van der Waals surface area contributed by atoms with Gasteiger partial charge in [0.1, 0.15) is 30.6 Å². The molecule has 3 heterocycles. The molecule has 184 valence electrons. The number of fused-ring (bicyclic) bond motifs is 1. The maximum atomic E-state index is 12.6. The molecule has 6 N–H and O–H groups in total. The Morgan fingerprint density at radius 2 is 2.03 bits per heavy atom. The second-order valence-corrected chi connectivity index (χ2v) is 15.4. The van der Waals surface area contributed by atoms with Gasteiger partial charge in [0.2, 0.25) is 11.8 Å². The molecule has 3 aliphatic heterocycles. The summed E-state index contributed by atoms with van der Waals surface area (Å²) in [6.07, 6.45) is -4.43. The van der Waals surface area contributed by atoms with E-state index in [9.17, 15) is 19.8 Å². The standard InChI is InChI=1S/C20H39N5O6Si/c1-10(2)16(28)23-19-22-15-12(17(29)24-19)21-9-25(15)18-13(27)14(11(8-26)30-18)31-32(6,7)20(3,4)5/h10-15,18-19,21-22,26-27H,8-9H2,1-7H3,(H,23,28)(H,24,29)/t11-,12?,13-,14-,15?,18-,19?/m1/s1. The van der Waals surface area contributed by atoms with E-state index in [4.69, 9.17) is 9.16 Å². The van der Waals surface area contributed by atoms with Crippen molar-refractivity contribution in [1.82, 2.24) is 26.2 Å². The topological polar surface area (TPSA) is 144 Å². The first-order valence-corrected chi connectivity index (χ1v) is 14.2. The van der Waals surface area contributed by atoms with E-state index in [-0.39, 0.29) is 36.0 Å². The number of amides is 2. The van der Waals surface area contributed by atoms with Crippen molar-refractivity contribution < 1.29 is 29.0 Å². The van der Waals surface area contributed by atoms with Crippen molar-refractivity contribution in [1.29, 1.82) is 0 Å². The minimum absolute atomic E-state index is 0.0734. The summed E-state index contributed by atoms with van der Waals surface area (Å²) in [7, 11) is -2.24. The van der Waals surface area contributed by atoms with Gasteiger partial charge in [-0.15, -0.1) is 0 Å². The summed E-state index contributed by atoms with van der Waals surface area (Å²) in [5.41, 5.74) is 0. The Balaban J connectivity index is 1.75. The Kier molecular flexibility index (Phi) is 7.38. The molecule has 7 atom stereocenters. The number of aliphatic hydroxyl groups is 2. The van der Waals surface area contributed by atoms with Crippen LogP contribution in [-0.4, -0.2) is 91.6 Å². The van der Waals surface area contributed by atoms with E-state index in [1.54, 1.807) is 18.7 Å². The van der Waals surface area contributed by atoms with Crippen LogP contribution < -0.4 is 21.3 Å². The predicted molar refractivity (Wildman–Crippen MR) is 119 cm³/mol. The number of nitrogens with zero attached hydrogens (tertiary/aromatic N) is 1. The molecule has 0 aromatic rings. The Bertz CT molecular complexity index is 717. The van der Waals surface area contributed by atoms with E-state index >= 15 is 0 Å². The number of aliphatic hydroxyl groups excluding tert-OH is 2. The summed E-state index contributed by atoms with van der Waals surface area (Å²) in [5, 5.41) is 32.9. The lowest BCUT2D eigenvalue weighted by molar-refractivity contribution is -0.136. The van der Waals surface area contributed by atoms with E-state index in [2.05, 4.69) is 55.1 Å². The van der Waals surface area contributed by atoms with E-state index in [1.807, 2.05) is 0 Å². The van der Waals surface area contributed by atoms with E-state index in [0.717, 1.165) is 0 Å². The summed E-state index contributed by atoms with van der Waals surface area (Å²) in [6.45, 7) is 14.0. The van der Waals surface area contributed by atoms with Gasteiger partial charge in [-0.2, -0.15) is 0 Å². The molecule has 0 bridgehead atoms. The lowest BCUT2D eigenvalue weighted by Crippen LogP contribution is -2.72. The highest BCUT2D eigenvalue weighted by Crippen LogP contribution is 2.40. The Labute approximate surface area is 190 Å². The average Bonchev–Trinajstić information content (AvgIpc) is 3.22. The molecule has 3 saturated heterocycles. The molecule has 32 heavy (non-hydrogen) atoms. The fourth-order valence-electron chi connectivity index (χ4n) is 3.92. The van der Waals surface area contributed by atoms with Crippen molar-refractivity contribution in [2.24, 2.45) is 5.92 Å². The number of hydrogen-bond donors (Lipinski definition) is 6. The summed E-state index contributed by atoms with van der Waals surface area (Å²) >= 11 is 0. The molecular weight excluding hydrogens is 434 g/mol. The Morgan fingerprint density at radius 1 is 1.38 bits per heavy atom. The first-order chi connectivity index (χ1) is 14.8. The van der Waals surface area contributed by atoms with Gasteiger partial charge < -0.3 is 30.0 Å². The third-order valence-electron chi connectivity index (χ3n) is 6.94. The predicted octanol–water partition coefficient (Wildman–Crippen LogP) is -1.21. The third kappa shape index (κ3) is 4.87. The van der Waals surface area contributed by atoms with Crippen molar-refractivity contribution in [2.45, 2.75) is 95.8 Å². The maximum absolute atomic E-state index is 12.6. The van der Waals surface area contributed by atoms with Crippen LogP contribution in [0.4, 0.5) is 0 Å². The monoisotopic (exact) mass is 473 g/mol. The van der Waals surface area contributed by atoms with Gasteiger partial charge in [0.05, 0.1) is 19.4 Å². The summed E-state index contributed by atoms with van der Waals surface area (Å²) in [5.74, 6) is -0.688. The largest absolute Gasteiger partial charge is 0.408 e. The highest BCUT2D eigenvalue weighted by Gasteiger charge is 2.55. The summed E-state index contributed by atoms with van der Waals surface area (Å²) in [4.78, 5) is 26.5. The number of rotatable bonds is 6. The summed E-state index contributed by atoms with van der Waals surface area (Å²) < 4.78 is 12.5. The lowest BCUT2D eigenvalue weighted by Gasteiger charge is -2.40. The van der Waals surface area contributed by atoms with Crippen LogP contribution in [0.15, 0.2) is 0 Å². The second kappa shape index (κ2) is 9.26. The summed E-state index contributed by atoms with van der Waals surface area (Å²) in [6, 6.07) is -0.578. The minimum atomic E-state index is -2.24. The normalized spacial score (nSPS) is 36.3. The first-order valence-electron chi connectivity index (χ1n) is 11.2. The molecule has 2 amide bonds. The van der Waals surface area contributed by atoms with Crippen molar-refractivity contribution in [3.63, 3.8) is 0 Å². The molecule has 0 aromatic heterocycles. The van der Waals surface area contributed by atoms with Crippen LogP contribution in [0.1, 0.15) is 34.6 Å². The molecule has 0 aromatic carbocycles. The molecule has 3 unspecified atom stereocenters. The average molecular weight is 474 g/mol. The van der Waals surface area contributed by atoms with Crippen LogP contribution in [0.25, 0.3) is 0 Å². The molecule has 0 aliphatic carbocycles. The third-order valence-corrected chi connectivity index (χ3v) is 11.4. The van der Waals surface area contributed by atoms with Gasteiger partial charge in [-0.25, -0.2) is 4.90 Å². The van der Waals surface area contributed by atoms with Gasteiger partial charge in [-0.1, -0.05) is 34.6 Å². The number of carbonyl (C=O) groups is 2. The van der Waals surface area contributed by atoms with Crippen LogP contribution in [0.2, 0.25) is 18.1 Å². The van der Waals surface area contributed by atoms with E-state index in [0.29, 0.717) is 0 Å². The van der Waals surface area contributed by atoms with E-state index < -0.39 is 51.4 Å². The molecule has 0 radical (unpaired) electrons. The zero-order chi connectivity index (χ0) is 24.0. The molecule has 3 fully saturated rings. The highest BCUT2D eigenvalue weighted by atomic mass is 28.4. The van der Waals surface area contributed by atoms with Gasteiger partial charge in [-0.05, 0) is 18.1 Å². The minimum Gasteiger partial charge on any atom is -0.408 e. The van der Waals surface area contributed by atoms with Crippen LogP contribution in [0.3, 0.4) is 0 Å². The Hall–Kier alpha value is -1.12. The molecule has 0 saturated carbocycles. The molecule has 3 rings (SSSR count). The van der Waals surface area contributed by atoms with Crippen LogP contribution in [-0.2, 0) is 18.8 Å². The number of nitrogens with one attached hydrogen (secondary N) is 4. The van der Waals surface area contributed by atoms with Crippen molar-refractivity contribution in [3.8, 4) is 0 Å².